The van der Waals surface area contributed by atoms with Gasteiger partial charge < -0.3 is 10.2 Å². The lowest BCUT2D eigenvalue weighted by atomic mass is 10.1. The zero-order valence-corrected chi connectivity index (χ0v) is 8.19. The van der Waals surface area contributed by atoms with Crippen LogP contribution in [0.4, 0.5) is 0 Å². The third-order valence-electron chi connectivity index (χ3n) is 2.10. The summed E-state index contributed by atoms with van der Waals surface area (Å²) in [4.78, 5) is 10.6. The molecular weight excluding hydrogens is 220 g/mol. The summed E-state index contributed by atoms with van der Waals surface area (Å²) in [5, 5.41) is 25.4. The highest BCUT2D eigenvalue weighted by Gasteiger charge is 2.20. The summed E-state index contributed by atoms with van der Waals surface area (Å²) in [6.07, 6.45) is -1.59. The second-order valence-electron chi connectivity index (χ2n) is 3.02. The molecule has 0 aliphatic rings. The molecule has 1 atom stereocenters. The molecule has 0 saturated carbocycles. The molecular formula is C9H7ClN2O3. The first-order valence-corrected chi connectivity index (χ1v) is 4.52. The van der Waals surface area contributed by atoms with Crippen LogP contribution in [0.2, 0.25) is 5.15 Å². The van der Waals surface area contributed by atoms with Gasteiger partial charge in [0.25, 0.3) is 0 Å². The number of fused-ring (bicyclic) bond motifs is 1. The SMILES string of the molecule is O=C(O)C(O)c1cccc2c(Cl)[nH]nc12. The summed E-state index contributed by atoms with van der Waals surface area (Å²) < 4.78 is 0. The van der Waals surface area contributed by atoms with Crippen molar-refractivity contribution in [2.45, 2.75) is 6.10 Å². The topological polar surface area (TPSA) is 86.2 Å². The third-order valence-corrected chi connectivity index (χ3v) is 2.39. The standard InChI is InChI=1S/C9H7ClN2O3/c10-8-5-3-1-2-4(6(5)11-12-8)7(13)9(14)15/h1-3,7,13H,(H,11,12)(H,14,15). The number of rotatable bonds is 2. The van der Waals surface area contributed by atoms with Gasteiger partial charge in [-0.05, 0) is 6.07 Å². The van der Waals surface area contributed by atoms with Crippen molar-refractivity contribution in [3.05, 3.63) is 28.9 Å². The van der Waals surface area contributed by atoms with E-state index in [4.69, 9.17) is 16.7 Å². The molecule has 1 aromatic heterocycles. The maximum Gasteiger partial charge on any atom is 0.337 e. The predicted octanol–water partition coefficient (Wildman–Crippen LogP) is 1.33. The first-order valence-electron chi connectivity index (χ1n) is 4.14. The van der Waals surface area contributed by atoms with Crippen molar-refractivity contribution < 1.29 is 15.0 Å². The highest BCUT2D eigenvalue weighted by atomic mass is 35.5. The predicted molar refractivity (Wildman–Crippen MR) is 53.7 cm³/mol. The molecule has 0 aliphatic carbocycles. The minimum absolute atomic E-state index is 0.225. The molecule has 1 unspecified atom stereocenters. The van der Waals surface area contributed by atoms with Gasteiger partial charge in [0.05, 0.1) is 0 Å². The van der Waals surface area contributed by atoms with Crippen LogP contribution >= 0.6 is 11.6 Å². The molecule has 3 N–H and O–H groups in total. The van der Waals surface area contributed by atoms with E-state index in [9.17, 15) is 9.90 Å². The zero-order valence-electron chi connectivity index (χ0n) is 7.44. The van der Waals surface area contributed by atoms with Crippen LogP contribution in [0.15, 0.2) is 18.2 Å². The second kappa shape index (κ2) is 3.52. The van der Waals surface area contributed by atoms with E-state index in [-0.39, 0.29) is 5.56 Å². The highest BCUT2D eigenvalue weighted by molar-refractivity contribution is 6.34. The number of H-pyrrole nitrogens is 1. The minimum Gasteiger partial charge on any atom is -0.479 e. The Morgan fingerprint density at radius 3 is 2.93 bits per heavy atom. The Hall–Kier alpha value is -1.59. The Morgan fingerprint density at radius 1 is 1.53 bits per heavy atom. The van der Waals surface area contributed by atoms with Gasteiger partial charge in [0.2, 0.25) is 0 Å². The molecule has 15 heavy (non-hydrogen) atoms. The van der Waals surface area contributed by atoms with E-state index in [1.165, 1.54) is 6.07 Å². The van der Waals surface area contributed by atoms with Crippen molar-refractivity contribution in [2.24, 2.45) is 0 Å². The lowest BCUT2D eigenvalue weighted by molar-refractivity contribution is -0.146. The van der Waals surface area contributed by atoms with Crippen LogP contribution in [0.1, 0.15) is 11.7 Å². The van der Waals surface area contributed by atoms with Crippen molar-refractivity contribution in [1.82, 2.24) is 10.2 Å². The number of nitrogens with zero attached hydrogens (tertiary/aromatic N) is 1. The quantitative estimate of drug-likeness (QED) is 0.721. The Bertz CT molecular complexity index is 523. The Labute approximate surface area is 89.3 Å². The molecule has 1 heterocycles. The smallest absolute Gasteiger partial charge is 0.337 e. The maximum atomic E-state index is 10.6. The van der Waals surface area contributed by atoms with Crippen molar-refractivity contribution in [3.8, 4) is 0 Å². The van der Waals surface area contributed by atoms with Crippen LogP contribution in [-0.2, 0) is 4.79 Å². The van der Waals surface area contributed by atoms with Crippen LogP contribution in [0.5, 0.6) is 0 Å². The Morgan fingerprint density at radius 2 is 2.27 bits per heavy atom. The third kappa shape index (κ3) is 1.55. The number of aromatic amines is 1. The summed E-state index contributed by atoms with van der Waals surface area (Å²) in [5.74, 6) is -1.32. The number of hydrogen-bond donors (Lipinski definition) is 3. The summed E-state index contributed by atoms with van der Waals surface area (Å²) in [6, 6.07) is 4.81. The normalized spacial score (nSPS) is 12.9. The molecule has 2 aromatic rings. The second-order valence-corrected chi connectivity index (χ2v) is 3.40. The average molecular weight is 227 g/mol. The van der Waals surface area contributed by atoms with E-state index >= 15 is 0 Å². The number of para-hydroxylation sites is 1. The van der Waals surface area contributed by atoms with E-state index in [2.05, 4.69) is 10.2 Å². The number of aliphatic hydroxyl groups excluding tert-OH is 1. The molecule has 0 amide bonds. The van der Waals surface area contributed by atoms with Crippen LogP contribution in [-0.4, -0.2) is 26.4 Å². The number of aromatic nitrogens is 2. The molecule has 0 spiro atoms. The fourth-order valence-corrected chi connectivity index (χ4v) is 1.58. The molecule has 0 aliphatic heterocycles. The number of carboxylic acids is 1. The van der Waals surface area contributed by atoms with E-state index in [0.717, 1.165) is 0 Å². The van der Waals surface area contributed by atoms with Crippen LogP contribution in [0.3, 0.4) is 0 Å². The molecule has 78 valence electrons. The molecule has 5 nitrogen and oxygen atoms in total. The monoisotopic (exact) mass is 226 g/mol. The van der Waals surface area contributed by atoms with Gasteiger partial charge in [-0.15, -0.1) is 0 Å². The van der Waals surface area contributed by atoms with Gasteiger partial charge in [-0.3, -0.25) is 5.10 Å². The number of carbonyl (C=O) groups is 1. The molecule has 1 aromatic carbocycles. The van der Waals surface area contributed by atoms with Crippen LogP contribution < -0.4 is 0 Å². The van der Waals surface area contributed by atoms with Gasteiger partial charge in [0.15, 0.2) is 6.10 Å². The summed E-state index contributed by atoms with van der Waals surface area (Å²) in [6.45, 7) is 0. The molecule has 0 radical (unpaired) electrons. The van der Waals surface area contributed by atoms with E-state index in [0.29, 0.717) is 16.1 Å². The van der Waals surface area contributed by atoms with Crippen molar-refractivity contribution in [2.75, 3.05) is 0 Å². The molecule has 6 heteroatoms. The van der Waals surface area contributed by atoms with E-state index < -0.39 is 12.1 Å². The fourth-order valence-electron chi connectivity index (χ4n) is 1.38. The molecule has 0 fully saturated rings. The van der Waals surface area contributed by atoms with E-state index in [1.807, 2.05) is 0 Å². The van der Waals surface area contributed by atoms with Crippen LogP contribution in [0, 0.1) is 0 Å². The van der Waals surface area contributed by atoms with Gasteiger partial charge in [-0.25, -0.2) is 4.79 Å². The van der Waals surface area contributed by atoms with Gasteiger partial charge >= 0.3 is 5.97 Å². The van der Waals surface area contributed by atoms with Crippen molar-refractivity contribution >= 4 is 28.5 Å². The van der Waals surface area contributed by atoms with Gasteiger partial charge in [-0.1, -0.05) is 23.7 Å². The van der Waals surface area contributed by atoms with Crippen molar-refractivity contribution in [1.29, 1.82) is 0 Å². The maximum absolute atomic E-state index is 10.6. The number of benzene rings is 1. The van der Waals surface area contributed by atoms with Gasteiger partial charge in [-0.2, -0.15) is 5.10 Å². The number of aliphatic carboxylic acids is 1. The number of carboxylic acid groups (broad SMARTS) is 1. The lowest BCUT2D eigenvalue weighted by Crippen LogP contribution is -2.10. The first kappa shape index (κ1) is 9.95. The Balaban J connectivity index is 2.66. The molecule has 2 rings (SSSR count). The van der Waals surface area contributed by atoms with E-state index in [1.54, 1.807) is 12.1 Å². The summed E-state index contributed by atoms with van der Waals surface area (Å²) >= 11 is 5.78. The summed E-state index contributed by atoms with van der Waals surface area (Å²) in [5.41, 5.74) is 0.598. The number of nitrogens with one attached hydrogen (secondary N) is 1. The highest BCUT2D eigenvalue weighted by Crippen LogP contribution is 2.26. The lowest BCUT2D eigenvalue weighted by Gasteiger charge is -2.05. The fraction of sp³-hybridized carbons (Fsp3) is 0.111. The van der Waals surface area contributed by atoms with Crippen molar-refractivity contribution in [3.63, 3.8) is 0 Å². The molecule has 0 saturated heterocycles. The van der Waals surface area contributed by atoms with Gasteiger partial charge in [0, 0.05) is 10.9 Å². The number of aliphatic hydroxyl groups is 1. The Kier molecular flexibility index (Phi) is 2.34. The summed E-state index contributed by atoms with van der Waals surface area (Å²) in [7, 11) is 0. The molecule has 0 bridgehead atoms. The zero-order chi connectivity index (χ0) is 11.0. The largest absolute Gasteiger partial charge is 0.479 e. The first-order chi connectivity index (χ1) is 7.11. The number of hydrogen-bond acceptors (Lipinski definition) is 3. The number of halogens is 1. The minimum atomic E-state index is -1.59. The average Bonchev–Trinajstić information content (AvgIpc) is 2.59. The van der Waals surface area contributed by atoms with Crippen LogP contribution in [0.25, 0.3) is 10.9 Å². The van der Waals surface area contributed by atoms with Gasteiger partial charge in [0.1, 0.15) is 10.7 Å².